The second-order valence-electron chi connectivity index (χ2n) is 4.80. The fraction of sp³-hybridized carbons (Fsp3) is 0.214. The van der Waals surface area contributed by atoms with Crippen LogP contribution in [-0.4, -0.2) is 25.9 Å². The van der Waals surface area contributed by atoms with E-state index in [1.807, 2.05) is 6.92 Å². The van der Waals surface area contributed by atoms with Gasteiger partial charge in [-0.05, 0) is 26.0 Å². The van der Waals surface area contributed by atoms with Gasteiger partial charge < -0.3 is 5.32 Å². The number of thiazole rings is 1. The SMILES string of the molecule is Cc1cnc(NC(=O)[C@H](C)n2nnc3ccccc3c2=O)s1. The molecule has 0 aliphatic rings. The second kappa shape index (κ2) is 5.64. The van der Waals surface area contributed by atoms with E-state index in [0.717, 1.165) is 9.56 Å². The Kier molecular flexibility index (Phi) is 3.68. The molecular weight excluding hydrogens is 302 g/mol. The molecule has 2 heterocycles. The lowest BCUT2D eigenvalue weighted by Crippen LogP contribution is -2.34. The molecule has 0 unspecified atom stereocenters. The van der Waals surface area contributed by atoms with Gasteiger partial charge in [-0.2, -0.15) is 4.68 Å². The number of benzene rings is 1. The Morgan fingerprint density at radius 1 is 1.36 bits per heavy atom. The first-order valence-electron chi connectivity index (χ1n) is 6.64. The molecule has 0 aliphatic carbocycles. The Balaban J connectivity index is 1.91. The Morgan fingerprint density at radius 3 is 2.86 bits per heavy atom. The normalized spacial score (nSPS) is 12.3. The molecule has 0 saturated carbocycles. The summed E-state index contributed by atoms with van der Waals surface area (Å²) in [6, 6.07) is 6.11. The Morgan fingerprint density at radius 2 is 2.14 bits per heavy atom. The largest absolute Gasteiger partial charge is 0.300 e. The van der Waals surface area contributed by atoms with Crippen LogP contribution in [0.5, 0.6) is 0 Å². The van der Waals surface area contributed by atoms with Gasteiger partial charge in [0, 0.05) is 11.1 Å². The molecular formula is C14H13N5O2S. The second-order valence-corrected chi connectivity index (χ2v) is 6.03. The first-order chi connectivity index (χ1) is 10.6. The summed E-state index contributed by atoms with van der Waals surface area (Å²) in [5.74, 6) is -0.360. The zero-order chi connectivity index (χ0) is 15.7. The monoisotopic (exact) mass is 315 g/mol. The van der Waals surface area contributed by atoms with Crippen LogP contribution < -0.4 is 10.9 Å². The van der Waals surface area contributed by atoms with Crippen molar-refractivity contribution in [1.82, 2.24) is 20.0 Å². The number of amides is 1. The number of hydrogen-bond donors (Lipinski definition) is 1. The average Bonchev–Trinajstić information content (AvgIpc) is 2.92. The number of nitrogens with one attached hydrogen (secondary N) is 1. The molecule has 1 amide bonds. The summed E-state index contributed by atoms with van der Waals surface area (Å²) in [5, 5.41) is 11.4. The summed E-state index contributed by atoms with van der Waals surface area (Å²) in [7, 11) is 0. The molecule has 0 spiro atoms. The van der Waals surface area contributed by atoms with Crippen molar-refractivity contribution in [2.24, 2.45) is 0 Å². The van der Waals surface area contributed by atoms with Gasteiger partial charge in [0.05, 0.1) is 5.39 Å². The Labute approximate surface area is 129 Å². The minimum Gasteiger partial charge on any atom is -0.300 e. The van der Waals surface area contributed by atoms with Gasteiger partial charge in [-0.15, -0.1) is 16.4 Å². The summed E-state index contributed by atoms with van der Waals surface area (Å²) in [6.07, 6.45) is 1.67. The number of nitrogens with zero attached hydrogens (tertiary/aromatic N) is 4. The van der Waals surface area contributed by atoms with Crippen LogP contribution in [0.4, 0.5) is 5.13 Å². The van der Waals surface area contributed by atoms with Crippen LogP contribution in [-0.2, 0) is 4.79 Å². The van der Waals surface area contributed by atoms with E-state index in [1.165, 1.54) is 11.3 Å². The fourth-order valence-electron chi connectivity index (χ4n) is 1.99. The topological polar surface area (TPSA) is 89.8 Å². The summed E-state index contributed by atoms with van der Waals surface area (Å²) >= 11 is 1.37. The van der Waals surface area contributed by atoms with Crippen molar-refractivity contribution in [2.45, 2.75) is 19.9 Å². The molecule has 0 saturated heterocycles. The standard InChI is InChI=1S/C14H13N5O2S/c1-8-7-15-14(22-8)16-12(20)9(2)19-13(21)10-5-3-4-6-11(10)17-18-19/h3-7,9H,1-2H3,(H,15,16,20)/t9-/m0/s1. The van der Waals surface area contributed by atoms with E-state index in [4.69, 9.17) is 0 Å². The van der Waals surface area contributed by atoms with E-state index < -0.39 is 6.04 Å². The van der Waals surface area contributed by atoms with Crippen molar-refractivity contribution in [3.63, 3.8) is 0 Å². The maximum Gasteiger partial charge on any atom is 0.278 e. The van der Waals surface area contributed by atoms with Gasteiger partial charge in [-0.3, -0.25) is 9.59 Å². The highest BCUT2D eigenvalue weighted by Crippen LogP contribution is 2.18. The molecule has 3 aromatic rings. The Hall–Kier alpha value is -2.61. The molecule has 1 aromatic carbocycles. The van der Waals surface area contributed by atoms with Crippen molar-refractivity contribution >= 4 is 33.3 Å². The molecule has 0 fully saturated rings. The predicted octanol–water partition coefficient (Wildman–Crippen LogP) is 1.76. The quantitative estimate of drug-likeness (QED) is 0.795. The van der Waals surface area contributed by atoms with Crippen LogP contribution in [0.2, 0.25) is 0 Å². The number of carbonyl (C=O) groups excluding carboxylic acids is 1. The first kappa shape index (κ1) is 14.3. The van der Waals surface area contributed by atoms with Crippen LogP contribution in [0.1, 0.15) is 17.8 Å². The van der Waals surface area contributed by atoms with Crippen LogP contribution in [0.3, 0.4) is 0 Å². The minimum absolute atomic E-state index is 0.344. The summed E-state index contributed by atoms with van der Waals surface area (Å²) in [4.78, 5) is 29.7. The number of carbonyl (C=O) groups is 1. The lowest BCUT2D eigenvalue weighted by Gasteiger charge is -2.12. The molecule has 1 atom stereocenters. The summed E-state index contributed by atoms with van der Waals surface area (Å²) in [5.41, 5.74) is 0.162. The van der Waals surface area contributed by atoms with Crippen LogP contribution in [0.25, 0.3) is 10.9 Å². The number of hydrogen-bond acceptors (Lipinski definition) is 6. The lowest BCUT2D eigenvalue weighted by atomic mass is 10.2. The molecule has 3 rings (SSSR count). The summed E-state index contributed by atoms with van der Waals surface area (Å²) < 4.78 is 1.08. The van der Waals surface area contributed by atoms with E-state index in [0.29, 0.717) is 16.0 Å². The molecule has 2 aromatic heterocycles. The third-order valence-electron chi connectivity index (χ3n) is 3.19. The maximum absolute atomic E-state index is 12.4. The average molecular weight is 315 g/mol. The summed E-state index contributed by atoms with van der Waals surface area (Å²) in [6.45, 7) is 3.50. The zero-order valence-electron chi connectivity index (χ0n) is 12.0. The third kappa shape index (κ3) is 2.60. The predicted molar refractivity (Wildman–Crippen MR) is 84.0 cm³/mol. The molecule has 0 bridgehead atoms. The van der Waals surface area contributed by atoms with E-state index in [2.05, 4.69) is 20.6 Å². The smallest absolute Gasteiger partial charge is 0.278 e. The lowest BCUT2D eigenvalue weighted by molar-refractivity contribution is -0.119. The van der Waals surface area contributed by atoms with E-state index in [1.54, 1.807) is 37.4 Å². The van der Waals surface area contributed by atoms with E-state index in [-0.39, 0.29) is 11.5 Å². The third-order valence-corrected chi connectivity index (χ3v) is 4.02. The van der Waals surface area contributed by atoms with Gasteiger partial charge in [-0.1, -0.05) is 17.3 Å². The minimum atomic E-state index is -0.784. The van der Waals surface area contributed by atoms with E-state index in [9.17, 15) is 9.59 Å². The van der Waals surface area contributed by atoms with E-state index >= 15 is 0 Å². The van der Waals surface area contributed by atoms with Crippen LogP contribution >= 0.6 is 11.3 Å². The van der Waals surface area contributed by atoms with Gasteiger partial charge in [0.25, 0.3) is 11.5 Å². The van der Waals surface area contributed by atoms with Gasteiger partial charge in [-0.25, -0.2) is 4.98 Å². The van der Waals surface area contributed by atoms with Gasteiger partial charge >= 0.3 is 0 Å². The van der Waals surface area contributed by atoms with Crippen LogP contribution in [0.15, 0.2) is 35.3 Å². The fourth-order valence-corrected chi connectivity index (χ4v) is 2.66. The maximum atomic E-state index is 12.4. The van der Waals surface area contributed by atoms with Crippen molar-refractivity contribution in [3.05, 3.63) is 45.7 Å². The number of fused-ring (bicyclic) bond motifs is 1. The number of rotatable bonds is 3. The van der Waals surface area contributed by atoms with Crippen LogP contribution in [0, 0.1) is 6.92 Å². The molecule has 7 nitrogen and oxygen atoms in total. The highest BCUT2D eigenvalue weighted by atomic mass is 32.1. The first-order valence-corrected chi connectivity index (χ1v) is 7.45. The molecule has 0 aliphatic heterocycles. The molecule has 112 valence electrons. The number of aryl methyl sites for hydroxylation is 1. The molecule has 1 N–H and O–H groups in total. The number of aromatic nitrogens is 4. The highest BCUT2D eigenvalue weighted by molar-refractivity contribution is 7.15. The highest BCUT2D eigenvalue weighted by Gasteiger charge is 2.20. The van der Waals surface area contributed by atoms with Crippen molar-refractivity contribution in [2.75, 3.05) is 5.32 Å². The van der Waals surface area contributed by atoms with Crippen molar-refractivity contribution < 1.29 is 4.79 Å². The van der Waals surface area contributed by atoms with Crippen molar-refractivity contribution in [1.29, 1.82) is 0 Å². The van der Waals surface area contributed by atoms with Crippen molar-refractivity contribution in [3.8, 4) is 0 Å². The van der Waals surface area contributed by atoms with Gasteiger partial charge in [0.2, 0.25) is 0 Å². The molecule has 8 heteroatoms. The molecule has 0 radical (unpaired) electrons. The van der Waals surface area contributed by atoms with Gasteiger partial charge in [0.15, 0.2) is 5.13 Å². The Bertz CT molecular complexity index is 901. The van der Waals surface area contributed by atoms with Gasteiger partial charge in [0.1, 0.15) is 11.6 Å². The number of anilines is 1. The zero-order valence-corrected chi connectivity index (χ0v) is 12.8. The molecule has 22 heavy (non-hydrogen) atoms.